The van der Waals surface area contributed by atoms with Crippen molar-refractivity contribution in [3.8, 4) is 0 Å². The molecule has 4 aliphatic rings. The van der Waals surface area contributed by atoms with Gasteiger partial charge in [0.05, 0.1) is 6.61 Å². The first-order valence-corrected chi connectivity index (χ1v) is 8.61. The standard InChI is InChI=1S/C19H26O2/c1-18-9-6-14(21)11-13(18)4-5-15-16(18)7-10-19(12-20)8-2-3-17(15)19/h2,8,11,15-17,20H,3-7,9-10,12H2,1H3/t15-,16+,17+,18+,19+/m1/s1. The summed E-state index contributed by atoms with van der Waals surface area (Å²) in [7, 11) is 0. The number of carbonyl (C=O) groups is 1. The highest BCUT2D eigenvalue weighted by Crippen LogP contribution is 2.63. The van der Waals surface area contributed by atoms with Gasteiger partial charge in [0.15, 0.2) is 5.78 Å². The quantitative estimate of drug-likeness (QED) is 0.747. The van der Waals surface area contributed by atoms with Gasteiger partial charge in [0.2, 0.25) is 0 Å². The van der Waals surface area contributed by atoms with Crippen LogP contribution in [0.2, 0.25) is 0 Å². The van der Waals surface area contributed by atoms with Crippen molar-refractivity contribution in [2.24, 2.45) is 28.6 Å². The molecule has 0 radical (unpaired) electrons. The van der Waals surface area contributed by atoms with E-state index in [1.54, 1.807) is 0 Å². The van der Waals surface area contributed by atoms with E-state index in [0.29, 0.717) is 18.3 Å². The summed E-state index contributed by atoms with van der Waals surface area (Å²) in [4.78, 5) is 11.8. The third-order valence-electron chi connectivity index (χ3n) is 7.35. The molecule has 0 aromatic carbocycles. The maximum atomic E-state index is 11.8. The predicted octanol–water partition coefficient (Wildman–Crippen LogP) is 3.66. The average Bonchev–Trinajstić information content (AvgIpc) is 2.92. The molecule has 2 fully saturated rings. The summed E-state index contributed by atoms with van der Waals surface area (Å²) in [6.45, 7) is 2.73. The van der Waals surface area contributed by atoms with Crippen molar-refractivity contribution in [1.82, 2.24) is 0 Å². The smallest absolute Gasteiger partial charge is 0.155 e. The van der Waals surface area contributed by atoms with Gasteiger partial charge in [0.1, 0.15) is 0 Å². The zero-order chi connectivity index (χ0) is 14.7. The minimum Gasteiger partial charge on any atom is -0.395 e. The largest absolute Gasteiger partial charge is 0.395 e. The first kappa shape index (κ1) is 13.8. The third kappa shape index (κ3) is 1.78. The fraction of sp³-hybridized carbons (Fsp3) is 0.737. The highest BCUT2D eigenvalue weighted by atomic mass is 16.3. The fourth-order valence-electron chi connectivity index (χ4n) is 6.12. The highest BCUT2D eigenvalue weighted by molar-refractivity contribution is 5.91. The molecule has 2 saturated carbocycles. The van der Waals surface area contributed by atoms with Crippen molar-refractivity contribution in [2.75, 3.05) is 6.61 Å². The highest BCUT2D eigenvalue weighted by Gasteiger charge is 2.56. The molecule has 0 amide bonds. The molecular formula is C19H26O2. The number of carbonyl (C=O) groups excluding carboxylic acids is 1. The maximum Gasteiger partial charge on any atom is 0.155 e. The number of fused-ring (bicyclic) bond motifs is 5. The van der Waals surface area contributed by atoms with Crippen molar-refractivity contribution in [3.05, 3.63) is 23.8 Å². The lowest BCUT2D eigenvalue weighted by atomic mass is 9.47. The second kappa shape index (κ2) is 4.55. The Balaban J connectivity index is 1.69. The molecule has 2 heteroatoms. The van der Waals surface area contributed by atoms with Gasteiger partial charge in [-0.2, -0.15) is 0 Å². The van der Waals surface area contributed by atoms with Crippen LogP contribution in [0.3, 0.4) is 0 Å². The number of hydrogen-bond donors (Lipinski definition) is 1. The zero-order valence-corrected chi connectivity index (χ0v) is 13.0. The Morgan fingerprint density at radius 3 is 2.90 bits per heavy atom. The minimum atomic E-state index is 0.0726. The van der Waals surface area contributed by atoms with Gasteiger partial charge in [-0.05, 0) is 67.8 Å². The van der Waals surface area contributed by atoms with Crippen LogP contribution in [0.5, 0.6) is 0 Å². The van der Waals surface area contributed by atoms with Crippen LogP contribution in [0.15, 0.2) is 23.8 Å². The van der Waals surface area contributed by atoms with E-state index in [1.807, 2.05) is 6.08 Å². The second-order valence-electron chi connectivity index (χ2n) is 8.04. The van der Waals surface area contributed by atoms with E-state index in [2.05, 4.69) is 19.1 Å². The van der Waals surface area contributed by atoms with Crippen LogP contribution in [0.1, 0.15) is 51.9 Å². The number of rotatable bonds is 1. The van der Waals surface area contributed by atoms with Crippen LogP contribution in [-0.4, -0.2) is 17.5 Å². The molecule has 4 rings (SSSR count). The Morgan fingerprint density at radius 1 is 1.24 bits per heavy atom. The summed E-state index contributed by atoms with van der Waals surface area (Å²) < 4.78 is 0. The van der Waals surface area contributed by atoms with Gasteiger partial charge in [-0.1, -0.05) is 24.6 Å². The van der Waals surface area contributed by atoms with Gasteiger partial charge in [-0.25, -0.2) is 0 Å². The lowest BCUT2D eigenvalue weighted by molar-refractivity contribution is -0.117. The lowest BCUT2D eigenvalue weighted by Crippen LogP contribution is -2.51. The maximum absolute atomic E-state index is 11.8. The Morgan fingerprint density at radius 2 is 2.10 bits per heavy atom. The average molecular weight is 286 g/mol. The van der Waals surface area contributed by atoms with Gasteiger partial charge in [0, 0.05) is 11.8 Å². The van der Waals surface area contributed by atoms with E-state index in [-0.39, 0.29) is 10.8 Å². The molecule has 0 saturated heterocycles. The third-order valence-corrected chi connectivity index (χ3v) is 7.35. The molecule has 0 unspecified atom stereocenters. The van der Waals surface area contributed by atoms with Crippen molar-refractivity contribution in [2.45, 2.75) is 51.9 Å². The van der Waals surface area contributed by atoms with Crippen LogP contribution >= 0.6 is 0 Å². The Bertz CT molecular complexity index is 532. The number of aliphatic hydroxyl groups is 1. The molecule has 0 aliphatic heterocycles. The Kier molecular flexibility index (Phi) is 2.98. The van der Waals surface area contributed by atoms with E-state index in [4.69, 9.17) is 0 Å². The van der Waals surface area contributed by atoms with Gasteiger partial charge in [-0.15, -0.1) is 0 Å². The van der Waals surface area contributed by atoms with E-state index in [1.165, 1.54) is 18.4 Å². The Hall–Kier alpha value is -0.890. The van der Waals surface area contributed by atoms with Crippen LogP contribution in [0, 0.1) is 28.6 Å². The lowest BCUT2D eigenvalue weighted by Gasteiger charge is -2.57. The summed E-state index contributed by atoms with van der Waals surface area (Å²) in [5, 5.41) is 9.97. The zero-order valence-electron chi connectivity index (χ0n) is 13.0. The molecular weight excluding hydrogens is 260 g/mol. The Labute approximate surface area is 127 Å². The summed E-state index contributed by atoms with van der Waals surface area (Å²) in [6.07, 6.45) is 14.2. The van der Waals surface area contributed by atoms with Gasteiger partial charge in [0.25, 0.3) is 0 Å². The predicted molar refractivity (Wildman–Crippen MR) is 82.6 cm³/mol. The van der Waals surface area contributed by atoms with E-state index in [0.717, 1.165) is 43.9 Å². The monoisotopic (exact) mass is 286 g/mol. The van der Waals surface area contributed by atoms with Crippen molar-refractivity contribution < 1.29 is 9.90 Å². The summed E-state index contributed by atoms with van der Waals surface area (Å²) in [6, 6.07) is 0. The first-order valence-electron chi connectivity index (χ1n) is 8.61. The van der Waals surface area contributed by atoms with Crippen molar-refractivity contribution in [3.63, 3.8) is 0 Å². The molecule has 1 N–H and O–H groups in total. The van der Waals surface area contributed by atoms with E-state index < -0.39 is 0 Å². The summed E-state index contributed by atoms with van der Waals surface area (Å²) >= 11 is 0. The molecule has 114 valence electrons. The van der Waals surface area contributed by atoms with Gasteiger partial charge in [-0.3, -0.25) is 4.79 Å². The topological polar surface area (TPSA) is 37.3 Å². The van der Waals surface area contributed by atoms with Crippen LogP contribution in [-0.2, 0) is 4.79 Å². The molecule has 21 heavy (non-hydrogen) atoms. The van der Waals surface area contributed by atoms with Crippen LogP contribution < -0.4 is 0 Å². The number of hydrogen-bond acceptors (Lipinski definition) is 2. The van der Waals surface area contributed by atoms with Crippen LogP contribution in [0.25, 0.3) is 0 Å². The molecule has 0 heterocycles. The minimum absolute atomic E-state index is 0.0726. The van der Waals surface area contributed by atoms with Gasteiger partial charge < -0.3 is 5.11 Å². The molecule has 0 spiro atoms. The van der Waals surface area contributed by atoms with E-state index >= 15 is 0 Å². The molecule has 0 bridgehead atoms. The molecule has 0 aromatic heterocycles. The van der Waals surface area contributed by atoms with Crippen LogP contribution in [0.4, 0.5) is 0 Å². The molecule has 4 aliphatic carbocycles. The first-order chi connectivity index (χ1) is 10.1. The fourth-order valence-corrected chi connectivity index (χ4v) is 6.12. The number of aliphatic hydroxyl groups excluding tert-OH is 1. The summed E-state index contributed by atoms with van der Waals surface area (Å²) in [5.74, 6) is 2.42. The van der Waals surface area contributed by atoms with Crippen molar-refractivity contribution in [1.29, 1.82) is 0 Å². The second-order valence-corrected chi connectivity index (χ2v) is 8.04. The summed E-state index contributed by atoms with van der Waals surface area (Å²) in [5.41, 5.74) is 1.76. The molecule has 2 nitrogen and oxygen atoms in total. The number of allylic oxidation sites excluding steroid dienone is 3. The molecule has 0 aromatic rings. The van der Waals surface area contributed by atoms with Gasteiger partial charge >= 0.3 is 0 Å². The SMILES string of the molecule is C[C@]12CCC(=O)C=C1CC[C@H]1[C@@H]3CC=C[C@@]3(CO)CC[C@@H]12. The van der Waals surface area contributed by atoms with E-state index in [9.17, 15) is 9.90 Å². The molecule has 5 atom stereocenters. The van der Waals surface area contributed by atoms with Crippen molar-refractivity contribution >= 4 is 5.78 Å². The number of ketones is 1. The normalized spacial score (nSPS) is 48.4.